The van der Waals surface area contributed by atoms with Crippen molar-refractivity contribution in [3.8, 4) is 5.75 Å². The van der Waals surface area contributed by atoms with Crippen molar-refractivity contribution in [3.63, 3.8) is 0 Å². The van der Waals surface area contributed by atoms with Crippen LogP contribution in [0.4, 0.5) is 5.69 Å². The molecule has 3 aromatic carbocycles. The molecule has 0 fully saturated rings. The van der Waals surface area contributed by atoms with Crippen molar-refractivity contribution in [2.75, 3.05) is 5.32 Å². The van der Waals surface area contributed by atoms with Crippen molar-refractivity contribution in [2.24, 2.45) is 0 Å². The van der Waals surface area contributed by atoms with Crippen molar-refractivity contribution in [2.45, 2.75) is 13.2 Å². The number of hydrogen-bond acceptors (Lipinski definition) is 2. The SMILES string of the molecule is Clc1cc(Cl)cc(CNc2ccc(OCc3ccccc3)cc2)c1. The first-order valence-corrected chi connectivity index (χ1v) is 8.40. The van der Waals surface area contributed by atoms with Gasteiger partial charge in [0, 0.05) is 22.3 Å². The van der Waals surface area contributed by atoms with Crippen molar-refractivity contribution in [3.05, 3.63) is 94.0 Å². The van der Waals surface area contributed by atoms with E-state index in [1.165, 1.54) is 0 Å². The fraction of sp³-hybridized carbons (Fsp3) is 0.100. The Morgan fingerprint density at radius 3 is 2.08 bits per heavy atom. The summed E-state index contributed by atoms with van der Waals surface area (Å²) in [5, 5.41) is 4.63. The first-order valence-electron chi connectivity index (χ1n) is 7.65. The van der Waals surface area contributed by atoms with Crippen LogP contribution in [-0.2, 0) is 13.2 Å². The highest BCUT2D eigenvalue weighted by atomic mass is 35.5. The lowest BCUT2D eigenvalue weighted by Gasteiger charge is -2.10. The Morgan fingerprint density at radius 1 is 0.750 bits per heavy atom. The zero-order valence-corrected chi connectivity index (χ0v) is 14.5. The maximum Gasteiger partial charge on any atom is 0.119 e. The molecule has 0 aliphatic heterocycles. The van der Waals surface area contributed by atoms with E-state index < -0.39 is 0 Å². The summed E-state index contributed by atoms with van der Waals surface area (Å²) >= 11 is 12.0. The van der Waals surface area contributed by atoms with E-state index in [1.54, 1.807) is 6.07 Å². The zero-order chi connectivity index (χ0) is 16.8. The standard InChI is InChI=1S/C20H17Cl2NO/c21-17-10-16(11-18(22)12-17)13-23-19-6-8-20(9-7-19)24-14-15-4-2-1-3-5-15/h1-12,23H,13-14H2. The average Bonchev–Trinajstić information content (AvgIpc) is 2.59. The minimum absolute atomic E-state index is 0.564. The lowest BCUT2D eigenvalue weighted by molar-refractivity contribution is 0.306. The van der Waals surface area contributed by atoms with Crippen LogP contribution in [0, 0.1) is 0 Å². The van der Waals surface area contributed by atoms with E-state index in [1.807, 2.05) is 66.7 Å². The van der Waals surface area contributed by atoms with Gasteiger partial charge in [0.15, 0.2) is 0 Å². The van der Waals surface area contributed by atoms with Crippen LogP contribution in [0.1, 0.15) is 11.1 Å². The molecule has 2 nitrogen and oxygen atoms in total. The van der Waals surface area contributed by atoms with Gasteiger partial charge in [-0.2, -0.15) is 0 Å². The number of hydrogen-bond donors (Lipinski definition) is 1. The smallest absolute Gasteiger partial charge is 0.119 e. The molecule has 1 N–H and O–H groups in total. The van der Waals surface area contributed by atoms with E-state index >= 15 is 0 Å². The molecule has 0 amide bonds. The van der Waals surface area contributed by atoms with Gasteiger partial charge in [0.25, 0.3) is 0 Å². The van der Waals surface area contributed by atoms with Crippen molar-refractivity contribution >= 4 is 28.9 Å². The van der Waals surface area contributed by atoms with Gasteiger partial charge < -0.3 is 10.1 Å². The summed E-state index contributed by atoms with van der Waals surface area (Å²) in [5.41, 5.74) is 3.20. The van der Waals surface area contributed by atoms with E-state index in [9.17, 15) is 0 Å². The third kappa shape index (κ3) is 4.92. The minimum Gasteiger partial charge on any atom is -0.489 e. The van der Waals surface area contributed by atoms with Crippen LogP contribution in [0.2, 0.25) is 10.0 Å². The number of rotatable bonds is 6. The Balaban J connectivity index is 1.54. The van der Waals surface area contributed by atoms with E-state index in [0.717, 1.165) is 22.6 Å². The second-order valence-electron chi connectivity index (χ2n) is 5.43. The fourth-order valence-electron chi connectivity index (χ4n) is 2.33. The molecule has 0 radical (unpaired) electrons. The van der Waals surface area contributed by atoms with Gasteiger partial charge in [-0.3, -0.25) is 0 Å². The monoisotopic (exact) mass is 357 g/mol. The molecule has 3 aromatic rings. The maximum absolute atomic E-state index is 6.01. The molecule has 0 unspecified atom stereocenters. The highest BCUT2D eigenvalue weighted by molar-refractivity contribution is 6.34. The van der Waals surface area contributed by atoms with Crippen molar-refractivity contribution in [1.29, 1.82) is 0 Å². The van der Waals surface area contributed by atoms with Crippen LogP contribution in [0.3, 0.4) is 0 Å². The molecular weight excluding hydrogens is 341 g/mol. The average molecular weight is 358 g/mol. The number of ether oxygens (including phenoxy) is 1. The zero-order valence-electron chi connectivity index (χ0n) is 13.0. The van der Waals surface area contributed by atoms with E-state index in [2.05, 4.69) is 5.32 Å². The predicted molar refractivity (Wildman–Crippen MR) is 101 cm³/mol. The largest absolute Gasteiger partial charge is 0.489 e. The fourth-order valence-corrected chi connectivity index (χ4v) is 2.90. The van der Waals surface area contributed by atoms with Gasteiger partial charge in [-0.05, 0) is 53.6 Å². The maximum atomic E-state index is 6.01. The molecule has 122 valence electrons. The Labute approximate surface area is 152 Å². The molecule has 24 heavy (non-hydrogen) atoms. The predicted octanol–water partition coefficient (Wildman–Crippen LogP) is 6.18. The lowest BCUT2D eigenvalue weighted by atomic mass is 10.2. The summed E-state index contributed by atoms with van der Waals surface area (Å²) in [6.45, 7) is 1.22. The van der Waals surface area contributed by atoms with Gasteiger partial charge in [0.2, 0.25) is 0 Å². The number of benzene rings is 3. The first-order chi connectivity index (χ1) is 11.7. The number of anilines is 1. The highest BCUT2D eigenvalue weighted by Gasteiger charge is 2.00. The molecule has 0 aromatic heterocycles. The Hall–Kier alpha value is -2.16. The second-order valence-corrected chi connectivity index (χ2v) is 6.30. The van der Waals surface area contributed by atoms with Crippen molar-refractivity contribution in [1.82, 2.24) is 0 Å². The molecule has 0 spiro atoms. The molecule has 0 heterocycles. The van der Waals surface area contributed by atoms with Gasteiger partial charge in [0.05, 0.1) is 0 Å². The highest BCUT2D eigenvalue weighted by Crippen LogP contribution is 2.21. The van der Waals surface area contributed by atoms with E-state index in [-0.39, 0.29) is 0 Å². The van der Waals surface area contributed by atoms with Crippen LogP contribution in [0.5, 0.6) is 5.75 Å². The van der Waals surface area contributed by atoms with Crippen LogP contribution >= 0.6 is 23.2 Å². The van der Waals surface area contributed by atoms with E-state index in [4.69, 9.17) is 27.9 Å². The molecule has 0 aliphatic rings. The quantitative estimate of drug-likeness (QED) is 0.568. The molecule has 0 saturated carbocycles. The van der Waals surface area contributed by atoms with Gasteiger partial charge >= 0.3 is 0 Å². The first kappa shape index (κ1) is 16.7. The summed E-state index contributed by atoms with van der Waals surface area (Å²) in [4.78, 5) is 0. The summed E-state index contributed by atoms with van der Waals surface area (Å²) < 4.78 is 5.78. The van der Waals surface area contributed by atoms with Crippen molar-refractivity contribution < 1.29 is 4.74 Å². The third-order valence-corrected chi connectivity index (χ3v) is 3.96. The summed E-state index contributed by atoms with van der Waals surface area (Å²) in [6.07, 6.45) is 0. The molecule has 0 saturated heterocycles. The van der Waals surface area contributed by atoms with Gasteiger partial charge in [-0.1, -0.05) is 53.5 Å². The summed E-state index contributed by atoms with van der Waals surface area (Å²) in [7, 11) is 0. The molecule has 3 rings (SSSR count). The third-order valence-electron chi connectivity index (χ3n) is 3.52. The van der Waals surface area contributed by atoms with Gasteiger partial charge in [-0.25, -0.2) is 0 Å². The molecular formula is C20H17Cl2NO. The minimum atomic E-state index is 0.564. The molecule has 4 heteroatoms. The Morgan fingerprint density at radius 2 is 1.42 bits per heavy atom. The number of halogens is 2. The normalized spacial score (nSPS) is 10.4. The van der Waals surface area contributed by atoms with Crippen LogP contribution in [0.25, 0.3) is 0 Å². The summed E-state index contributed by atoms with van der Waals surface area (Å²) in [6, 6.07) is 23.5. The van der Waals surface area contributed by atoms with Crippen LogP contribution in [-0.4, -0.2) is 0 Å². The van der Waals surface area contributed by atoms with E-state index in [0.29, 0.717) is 23.2 Å². The number of nitrogens with one attached hydrogen (secondary N) is 1. The molecule has 0 bridgehead atoms. The summed E-state index contributed by atoms with van der Waals surface area (Å²) in [5.74, 6) is 0.843. The van der Waals surface area contributed by atoms with Crippen LogP contribution in [0.15, 0.2) is 72.8 Å². The molecule has 0 atom stereocenters. The van der Waals surface area contributed by atoms with Gasteiger partial charge in [-0.15, -0.1) is 0 Å². The Kier molecular flexibility index (Phi) is 5.63. The Bertz CT molecular complexity index is 768. The van der Waals surface area contributed by atoms with Gasteiger partial charge in [0.1, 0.15) is 12.4 Å². The molecule has 0 aliphatic carbocycles. The topological polar surface area (TPSA) is 21.3 Å². The second kappa shape index (κ2) is 8.09. The lowest BCUT2D eigenvalue weighted by Crippen LogP contribution is -2.00. The van der Waals surface area contributed by atoms with Crippen LogP contribution < -0.4 is 10.1 Å².